The molecule has 0 fully saturated rings. The Morgan fingerprint density at radius 2 is 2.23 bits per heavy atom. The number of thiazole rings is 1. The summed E-state index contributed by atoms with van der Waals surface area (Å²) in [6, 6.07) is 3.78. The van der Waals surface area contributed by atoms with Gasteiger partial charge in [-0.3, -0.25) is 9.36 Å². The number of nitrogens with zero attached hydrogens (tertiary/aromatic N) is 4. The zero-order chi connectivity index (χ0) is 18.5. The lowest BCUT2D eigenvalue weighted by molar-refractivity contribution is -0.113. The molecule has 0 aliphatic heterocycles. The molecule has 3 heterocycles. The van der Waals surface area contributed by atoms with E-state index in [0.29, 0.717) is 16.8 Å². The first-order valence-corrected chi connectivity index (χ1v) is 10.2. The minimum atomic E-state index is -0.103. The molecule has 0 unspecified atom stereocenters. The number of amides is 1. The summed E-state index contributed by atoms with van der Waals surface area (Å²) >= 11 is 2.85. The monoisotopic (exact) mass is 391 g/mol. The van der Waals surface area contributed by atoms with Crippen molar-refractivity contribution >= 4 is 34.1 Å². The highest BCUT2D eigenvalue weighted by Crippen LogP contribution is 2.23. The Morgan fingerprint density at radius 3 is 2.88 bits per heavy atom. The van der Waals surface area contributed by atoms with E-state index in [4.69, 9.17) is 4.42 Å². The van der Waals surface area contributed by atoms with Gasteiger partial charge in [-0.05, 0) is 32.4 Å². The second kappa shape index (κ2) is 8.50. The summed E-state index contributed by atoms with van der Waals surface area (Å²) in [6.07, 6.45) is 3.46. The van der Waals surface area contributed by atoms with Gasteiger partial charge in [0.15, 0.2) is 10.3 Å². The number of carbonyl (C=O) groups excluding carboxylic acids is 1. The number of aromatic nitrogens is 4. The Kier molecular flexibility index (Phi) is 6.10. The molecule has 0 atom stereocenters. The van der Waals surface area contributed by atoms with E-state index >= 15 is 0 Å². The zero-order valence-corrected chi connectivity index (χ0v) is 16.6. The lowest BCUT2D eigenvalue weighted by Crippen LogP contribution is -2.15. The molecule has 7 nitrogen and oxygen atoms in total. The number of hydrogen-bond acceptors (Lipinski definition) is 7. The maximum atomic E-state index is 12.2. The molecule has 0 saturated heterocycles. The molecule has 9 heteroatoms. The van der Waals surface area contributed by atoms with Crippen LogP contribution < -0.4 is 5.32 Å². The number of rotatable bonds is 8. The molecule has 3 aromatic heterocycles. The number of nitrogens with one attached hydrogen (secondary N) is 1. The number of aryl methyl sites for hydroxylation is 3. The van der Waals surface area contributed by atoms with Crippen LogP contribution in [0.4, 0.5) is 5.13 Å². The Hall–Kier alpha value is -2.13. The van der Waals surface area contributed by atoms with Crippen LogP contribution in [0, 0.1) is 13.8 Å². The van der Waals surface area contributed by atoms with E-state index in [1.807, 2.05) is 30.5 Å². The quantitative estimate of drug-likeness (QED) is 0.590. The Balaban J connectivity index is 1.65. The predicted octanol–water partition coefficient (Wildman–Crippen LogP) is 3.68. The van der Waals surface area contributed by atoms with Crippen LogP contribution in [0.2, 0.25) is 0 Å². The highest BCUT2D eigenvalue weighted by molar-refractivity contribution is 7.99. The van der Waals surface area contributed by atoms with Crippen molar-refractivity contribution in [2.24, 2.45) is 0 Å². The van der Waals surface area contributed by atoms with E-state index in [2.05, 4.69) is 27.4 Å². The topological polar surface area (TPSA) is 85.8 Å². The Morgan fingerprint density at radius 1 is 1.38 bits per heavy atom. The van der Waals surface area contributed by atoms with Crippen LogP contribution in [-0.2, 0) is 17.8 Å². The highest BCUT2D eigenvalue weighted by atomic mass is 32.2. The molecule has 0 aliphatic carbocycles. The molecule has 3 aromatic rings. The smallest absolute Gasteiger partial charge is 0.236 e. The maximum absolute atomic E-state index is 12.2. The van der Waals surface area contributed by atoms with E-state index in [-0.39, 0.29) is 11.7 Å². The molecule has 3 rings (SSSR count). The van der Waals surface area contributed by atoms with Gasteiger partial charge in [-0.1, -0.05) is 18.7 Å². The predicted molar refractivity (Wildman–Crippen MR) is 103 cm³/mol. The van der Waals surface area contributed by atoms with E-state index in [0.717, 1.165) is 35.0 Å². The molecule has 0 spiro atoms. The fourth-order valence-electron chi connectivity index (χ4n) is 2.36. The van der Waals surface area contributed by atoms with Crippen LogP contribution in [0.3, 0.4) is 0 Å². The molecule has 26 heavy (non-hydrogen) atoms. The molecule has 138 valence electrons. The van der Waals surface area contributed by atoms with Gasteiger partial charge in [0, 0.05) is 11.3 Å². The summed E-state index contributed by atoms with van der Waals surface area (Å²) in [5, 5.41) is 12.7. The molecular formula is C17H21N5O2S2. The molecule has 1 N–H and O–H groups in total. The van der Waals surface area contributed by atoms with E-state index in [1.54, 1.807) is 6.26 Å². The van der Waals surface area contributed by atoms with Gasteiger partial charge in [-0.15, -0.1) is 21.5 Å². The molecular weight excluding hydrogens is 370 g/mol. The SMILES string of the molecule is CCCc1nnc(SCC(=O)Nc2nc(C)c(C)s2)n1Cc1ccco1. The summed E-state index contributed by atoms with van der Waals surface area (Å²) in [7, 11) is 0. The van der Waals surface area contributed by atoms with Crippen LogP contribution in [-0.4, -0.2) is 31.4 Å². The van der Waals surface area contributed by atoms with Gasteiger partial charge >= 0.3 is 0 Å². The van der Waals surface area contributed by atoms with Gasteiger partial charge in [0.2, 0.25) is 5.91 Å². The van der Waals surface area contributed by atoms with Crippen molar-refractivity contribution in [3.63, 3.8) is 0 Å². The fraction of sp³-hybridized carbons (Fsp3) is 0.412. The standard InChI is InChI=1S/C17H21N5O2S2/c1-4-6-14-20-21-17(22(14)9-13-7-5-8-24-13)25-10-15(23)19-16-18-11(2)12(3)26-16/h5,7-8H,4,6,9-10H2,1-3H3,(H,18,19,23). The molecule has 0 aromatic carbocycles. The van der Waals surface area contributed by atoms with Crippen LogP contribution >= 0.6 is 23.1 Å². The summed E-state index contributed by atoms with van der Waals surface area (Å²) in [4.78, 5) is 17.7. The molecule has 0 aliphatic rings. The summed E-state index contributed by atoms with van der Waals surface area (Å²) in [5.41, 5.74) is 0.945. The van der Waals surface area contributed by atoms with Crippen molar-refractivity contribution in [2.45, 2.75) is 45.3 Å². The number of hydrogen-bond donors (Lipinski definition) is 1. The lowest BCUT2D eigenvalue weighted by Gasteiger charge is -2.08. The molecule has 0 radical (unpaired) electrons. The average molecular weight is 392 g/mol. The Labute approximate surface area is 160 Å². The summed E-state index contributed by atoms with van der Waals surface area (Å²) in [5.74, 6) is 1.88. The third kappa shape index (κ3) is 4.53. The molecule has 0 saturated carbocycles. The normalized spacial score (nSPS) is 11.0. The minimum Gasteiger partial charge on any atom is -0.467 e. The van der Waals surface area contributed by atoms with E-state index in [9.17, 15) is 4.79 Å². The second-order valence-electron chi connectivity index (χ2n) is 5.81. The minimum absolute atomic E-state index is 0.103. The lowest BCUT2D eigenvalue weighted by atomic mass is 10.3. The summed E-state index contributed by atoms with van der Waals surface area (Å²) < 4.78 is 7.45. The van der Waals surface area contributed by atoms with Crippen molar-refractivity contribution in [2.75, 3.05) is 11.1 Å². The van der Waals surface area contributed by atoms with Crippen LogP contribution in [0.5, 0.6) is 0 Å². The van der Waals surface area contributed by atoms with Crippen molar-refractivity contribution in [3.8, 4) is 0 Å². The van der Waals surface area contributed by atoms with Gasteiger partial charge < -0.3 is 9.73 Å². The largest absolute Gasteiger partial charge is 0.467 e. The second-order valence-corrected chi connectivity index (χ2v) is 7.96. The average Bonchev–Trinajstić information content (AvgIpc) is 3.31. The van der Waals surface area contributed by atoms with Crippen molar-refractivity contribution in [1.82, 2.24) is 19.7 Å². The number of thioether (sulfide) groups is 1. The maximum Gasteiger partial charge on any atom is 0.236 e. The van der Waals surface area contributed by atoms with Gasteiger partial charge in [0.25, 0.3) is 0 Å². The van der Waals surface area contributed by atoms with Gasteiger partial charge in [-0.2, -0.15) is 0 Å². The van der Waals surface area contributed by atoms with Crippen molar-refractivity contribution in [1.29, 1.82) is 0 Å². The third-order valence-corrected chi connectivity index (χ3v) is 5.72. The first-order chi connectivity index (χ1) is 12.6. The fourth-order valence-corrected chi connectivity index (χ4v) is 3.95. The number of anilines is 1. The van der Waals surface area contributed by atoms with Gasteiger partial charge in [0.05, 0.1) is 24.3 Å². The Bertz CT molecular complexity index is 850. The zero-order valence-electron chi connectivity index (χ0n) is 15.0. The first-order valence-electron chi connectivity index (χ1n) is 8.38. The number of carbonyl (C=O) groups is 1. The van der Waals surface area contributed by atoms with Crippen molar-refractivity contribution < 1.29 is 9.21 Å². The summed E-state index contributed by atoms with van der Waals surface area (Å²) in [6.45, 7) is 6.58. The van der Waals surface area contributed by atoms with Crippen LogP contribution in [0.1, 0.15) is 35.5 Å². The van der Waals surface area contributed by atoms with Gasteiger partial charge in [-0.25, -0.2) is 4.98 Å². The highest BCUT2D eigenvalue weighted by Gasteiger charge is 2.16. The van der Waals surface area contributed by atoms with Crippen LogP contribution in [0.25, 0.3) is 0 Å². The molecule has 0 bridgehead atoms. The van der Waals surface area contributed by atoms with Gasteiger partial charge in [0.1, 0.15) is 11.6 Å². The van der Waals surface area contributed by atoms with E-state index < -0.39 is 0 Å². The number of furan rings is 1. The van der Waals surface area contributed by atoms with Crippen molar-refractivity contribution in [3.05, 3.63) is 40.6 Å². The third-order valence-electron chi connectivity index (χ3n) is 3.77. The first kappa shape index (κ1) is 18.7. The van der Waals surface area contributed by atoms with E-state index in [1.165, 1.54) is 23.1 Å². The van der Waals surface area contributed by atoms with Crippen LogP contribution in [0.15, 0.2) is 28.0 Å². The molecule has 1 amide bonds.